The Kier molecular flexibility index (Phi) is 6.07. The molecule has 1 aliphatic heterocycles. The minimum atomic E-state index is 0.0813. The van der Waals surface area contributed by atoms with E-state index in [0.29, 0.717) is 5.92 Å². The third-order valence-corrected chi connectivity index (χ3v) is 4.30. The molecule has 1 saturated heterocycles. The molecule has 21 heavy (non-hydrogen) atoms. The number of rotatable bonds is 6. The van der Waals surface area contributed by atoms with Gasteiger partial charge in [0.2, 0.25) is 5.91 Å². The molecule has 2 rings (SSSR count). The minimum Gasteiger partial charge on any atom is -0.349 e. The van der Waals surface area contributed by atoms with Crippen LogP contribution in [0.25, 0.3) is 0 Å². The van der Waals surface area contributed by atoms with Crippen molar-refractivity contribution in [3.63, 3.8) is 0 Å². The molecule has 1 aromatic rings. The zero-order valence-electron chi connectivity index (χ0n) is 12.9. The van der Waals surface area contributed by atoms with E-state index in [0.717, 1.165) is 42.9 Å². The summed E-state index contributed by atoms with van der Waals surface area (Å²) in [6.45, 7) is 6.16. The number of hydrogen-bond donors (Lipinski definition) is 2. The average molecular weight is 309 g/mol. The summed E-state index contributed by atoms with van der Waals surface area (Å²) in [5.74, 6) is 0.910. The van der Waals surface area contributed by atoms with Crippen LogP contribution < -0.4 is 10.6 Å². The lowest BCUT2D eigenvalue weighted by Crippen LogP contribution is -2.35. The summed E-state index contributed by atoms with van der Waals surface area (Å²) in [5, 5.41) is 7.20. The summed E-state index contributed by atoms with van der Waals surface area (Å²) >= 11 is 5.96. The highest BCUT2D eigenvalue weighted by atomic mass is 35.5. The lowest BCUT2D eigenvalue weighted by atomic mass is 9.96. The van der Waals surface area contributed by atoms with E-state index < -0.39 is 0 Å². The van der Waals surface area contributed by atoms with E-state index in [1.54, 1.807) is 0 Å². The van der Waals surface area contributed by atoms with Crippen molar-refractivity contribution in [3.05, 3.63) is 34.9 Å². The van der Waals surface area contributed by atoms with Crippen LogP contribution in [0.4, 0.5) is 0 Å². The number of nitrogens with one attached hydrogen (secondary N) is 2. The lowest BCUT2D eigenvalue weighted by Gasteiger charge is -2.22. The highest BCUT2D eigenvalue weighted by Crippen LogP contribution is 2.23. The fraction of sp³-hybridized carbons (Fsp3) is 0.588. The second-order valence-electron chi connectivity index (χ2n) is 6.27. The summed E-state index contributed by atoms with van der Waals surface area (Å²) in [6.07, 6.45) is 2.99. The van der Waals surface area contributed by atoms with Crippen LogP contribution >= 0.6 is 11.6 Å². The van der Waals surface area contributed by atoms with Gasteiger partial charge >= 0.3 is 0 Å². The summed E-state index contributed by atoms with van der Waals surface area (Å²) in [5.41, 5.74) is 1.14. The molecule has 3 nitrogen and oxygen atoms in total. The Labute approximate surface area is 132 Å². The zero-order chi connectivity index (χ0) is 15.2. The molecule has 0 bridgehead atoms. The molecule has 1 amide bonds. The number of amides is 1. The number of carbonyl (C=O) groups excluding carboxylic acids is 1. The normalized spacial score (nSPS) is 19.7. The molecular formula is C17H25ClN2O. The number of hydrogen-bond acceptors (Lipinski definition) is 2. The summed E-state index contributed by atoms with van der Waals surface area (Å²) in [7, 11) is 0. The Bertz CT molecular complexity index is 452. The van der Waals surface area contributed by atoms with Crippen molar-refractivity contribution in [1.82, 2.24) is 10.6 Å². The van der Waals surface area contributed by atoms with E-state index >= 15 is 0 Å². The summed E-state index contributed by atoms with van der Waals surface area (Å²) in [6, 6.07) is 7.89. The first-order chi connectivity index (χ1) is 10.1. The van der Waals surface area contributed by atoms with Gasteiger partial charge in [-0.3, -0.25) is 4.79 Å². The first kappa shape index (κ1) is 16.3. The van der Waals surface area contributed by atoms with Crippen molar-refractivity contribution in [3.8, 4) is 0 Å². The summed E-state index contributed by atoms with van der Waals surface area (Å²) in [4.78, 5) is 12.4. The lowest BCUT2D eigenvalue weighted by molar-refractivity contribution is -0.125. The van der Waals surface area contributed by atoms with Crippen molar-refractivity contribution in [2.75, 3.05) is 13.1 Å². The Balaban J connectivity index is 2.03. The van der Waals surface area contributed by atoms with E-state index in [9.17, 15) is 4.79 Å². The van der Waals surface area contributed by atoms with Crippen LogP contribution in [0.1, 0.15) is 44.7 Å². The van der Waals surface area contributed by atoms with Gasteiger partial charge in [0.25, 0.3) is 0 Å². The van der Waals surface area contributed by atoms with Crippen LogP contribution in [0.15, 0.2) is 24.3 Å². The topological polar surface area (TPSA) is 41.1 Å². The van der Waals surface area contributed by atoms with E-state index in [-0.39, 0.29) is 17.9 Å². The standard InChI is InChI=1S/C17H25ClN2O/c1-12(2)3-8-16(13-4-6-15(18)7-5-13)20-17(21)14-9-10-19-11-14/h4-7,12,14,16,19H,3,8-11H2,1-2H3,(H,20,21). The first-order valence-electron chi connectivity index (χ1n) is 7.83. The van der Waals surface area contributed by atoms with Crippen molar-refractivity contribution in [2.24, 2.45) is 11.8 Å². The molecule has 2 N–H and O–H groups in total. The largest absolute Gasteiger partial charge is 0.349 e. The second-order valence-corrected chi connectivity index (χ2v) is 6.71. The van der Waals surface area contributed by atoms with Crippen molar-refractivity contribution in [1.29, 1.82) is 0 Å². The van der Waals surface area contributed by atoms with Crippen LogP contribution in [0.5, 0.6) is 0 Å². The Hall–Kier alpha value is -1.06. The predicted octanol–water partition coefficient (Wildman–Crippen LogP) is 3.54. The SMILES string of the molecule is CC(C)CCC(NC(=O)C1CCNC1)c1ccc(Cl)cc1. The Morgan fingerprint density at radius 3 is 2.62 bits per heavy atom. The zero-order valence-corrected chi connectivity index (χ0v) is 13.6. The molecule has 4 heteroatoms. The maximum atomic E-state index is 12.4. The average Bonchev–Trinajstić information content (AvgIpc) is 2.98. The van der Waals surface area contributed by atoms with Gasteiger partial charge in [-0.15, -0.1) is 0 Å². The third kappa shape index (κ3) is 5.01. The van der Waals surface area contributed by atoms with E-state index in [1.165, 1.54) is 0 Å². The van der Waals surface area contributed by atoms with Gasteiger partial charge in [-0.05, 0) is 49.4 Å². The Morgan fingerprint density at radius 2 is 2.05 bits per heavy atom. The first-order valence-corrected chi connectivity index (χ1v) is 8.20. The van der Waals surface area contributed by atoms with Crippen molar-refractivity contribution >= 4 is 17.5 Å². The molecule has 116 valence electrons. The third-order valence-electron chi connectivity index (χ3n) is 4.05. The van der Waals surface area contributed by atoms with Gasteiger partial charge in [-0.2, -0.15) is 0 Å². The minimum absolute atomic E-state index is 0.0813. The molecule has 0 aliphatic carbocycles. The number of halogens is 1. The van der Waals surface area contributed by atoms with Crippen LogP contribution in [-0.2, 0) is 4.79 Å². The van der Waals surface area contributed by atoms with Gasteiger partial charge in [0.05, 0.1) is 12.0 Å². The number of carbonyl (C=O) groups is 1. The van der Waals surface area contributed by atoms with Gasteiger partial charge in [0.15, 0.2) is 0 Å². The molecular weight excluding hydrogens is 284 g/mol. The fourth-order valence-electron chi connectivity index (χ4n) is 2.69. The molecule has 1 fully saturated rings. The van der Waals surface area contributed by atoms with E-state index in [4.69, 9.17) is 11.6 Å². The monoisotopic (exact) mass is 308 g/mol. The number of benzene rings is 1. The van der Waals surface area contributed by atoms with Crippen molar-refractivity contribution in [2.45, 2.75) is 39.2 Å². The predicted molar refractivity (Wildman–Crippen MR) is 87.4 cm³/mol. The molecule has 1 heterocycles. The van der Waals surface area contributed by atoms with Crippen LogP contribution in [-0.4, -0.2) is 19.0 Å². The van der Waals surface area contributed by atoms with Gasteiger partial charge < -0.3 is 10.6 Å². The smallest absolute Gasteiger partial charge is 0.224 e. The highest BCUT2D eigenvalue weighted by Gasteiger charge is 2.25. The van der Waals surface area contributed by atoms with E-state index in [2.05, 4.69) is 24.5 Å². The molecule has 1 aliphatic rings. The molecule has 0 aromatic heterocycles. The van der Waals surface area contributed by atoms with Crippen molar-refractivity contribution < 1.29 is 4.79 Å². The van der Waals surface area contributed by atoms with Gasteiger partial charge in [0.1, 0.15) is 0 Å². The molecule has 2 atom stereocenters. The fourth-order valence-corrected chi connectivity index (χ4v) is 2.81. The molecule has 0 saturated carbocycles. The molecule has 0 radical (unpaired) electrons. The van der Waals surface area contributed by atoms with Gasteiger partial charge in [-0.1, -0.05) is 37.6 Å². The molecule has 2 unspecified atom stereocenters. The molecule has 0 spiro atoms. The quantitative estimate of drug-likeness (QED) is 0.844. The Morgan fingerprint density at radius 1 is 1.33 bits per heavy atom. The molecule has 1 aromatic carbocycles. The van der Waals surface area contributed by atoms with Crippen LogP contribution in [0, 0.1) is 11.8 Å². The van der Waals surface area contributed by atoms with Crippen LogP contribution in [0.2, 0.25) is 5.02 Å². The maximum absolute atomic E-state index is 12.4. The highest BCUT2D eigenvalue weighted by molar-refractivity contribution is 6.30. The van der Waals surface area contributed by atoms with Gasteiger partial charge in [-0.25, -0.2) is 0 Å². The summed E-state index contributed by atoms with van der Waals surface area (Å²) < 4.78 is 0. The maximum Gasteiger partial charge on any atom is 0.224 e. The van der Waals surface area contributed by atoms with Gasteiger partial charge in [0, 0.05) is 11.6 Å². The van der Waals surface area contributed by atoms with Crippen LogP contribution in [0.3, 0.4) is 0 Å². The second kappa shape index (κ2) is 7.81. The van der Waals surface area contributed by atoms with E-state index in [1.807, 2.05) is 24.3 Å².